The summed E-state index contributed by atoms with van der Waals surface area (Å²) in [5, 5.41) is 0. The van der Waals surface area contributed by atoms with Gasteiger partial charge in [0.05, 0.1) is 26.1 Å². The lowest BCUT2D eigenvalue weighted by Crippen LogP contribution is -2.15. The summed E-state index contributed by atoms with van der Waals surface area (Å²) in [6.45, 7) is 12.5. The van der Waals surface area contributed by atoms with Crippen molar-refractivity contribution in [3.63, 3.8) is 0 Å². The SMILES string of the molecule is C.C.C.C.C.C.C.C.C.C.C=C(C)C(=O)COC(C)CC.CCC(C)OC.CCF.CF.FCC(F)(F)F. The maximum absolute atomic E-state index is 10.9. The molecule has 0 amide bonds. The van der Waals surface area contributed by atoms with Crippen LogP contribution in [-0.2, 0) is 14.3 Å². The number of hydrogen-bond acceptors (Lipinski definition) is 3. The normalized spacial score (nSPS) is 8.47. The second-order valence-corrected chi connectivity index (χ2v) is 5.20. The Morgan fingerprint density at radius 1 is 0.763 bits per heavy atom. The Hall–Kier alpha value is -1.09. The van der Waals surface area contributed by atoms with Gasteiger partial charge in [0, 0.05) is 7.11 Å². The summed E-state index contributed by atoms with van der Waals surface area (Å²) in [4.78, 5) is 10.9. The minimum atomic E-state index is -4.62. The molecule has 0 aliphatic carbocycles. The quantitative estimate of drug-likeness (QED) is 0.219. The first-order valence-electron chi connectivity index (χ1n) is 8.76. The van der Waals surface area contributed by atoms with Crippen molar-refractivity contribution in [3.8, 4) is 0 Å². The van der Waals surface area contributed by atoms with Crippen LogP contribution in [0.3, 0.4) is 0 Å². The average Bonchev–Trinajstić information content (AvgIpc) is 2.67. The molecule has 3 nitrogen and oxygen atoms in total. The number of methoxy groups -OCH3 is 1. The van der Waals surface area contributed by atoms with Crippen LogP contribution in [0.4, 0.5) is 26.3 Å². The van der Waals surface area contributed by atoms with Gasteiger partial charge < -0.3 is 9.47 Å². The topological polar surface area (TPSA) is 35.5 Å². The highest BCUT2D eigenvalue weighted by Crippen LogP contribution is 2.13. The van der Waals surface area contributed by atoms with E-state index in [4.69, 9.17) is 9.47 Å². The second-order valence-electron chi connectivity index (χ2n) is 5.20. The largest absolute Gasteiger partial charge is 0.416 e. The van der Waals surface area contributed by atoms with E-state index < -0.39 is 12.9 Å². The molecule has 2 unspecified atom stereocenters. The molecule has 0 radical (unpaired) electrons. The molecule has 0 aliphatic heterocycles. The third-order valence-corrected chi connectivity index (χ3v) is 2.68. The highest BCUT2D eigenvalue weighted by molar-refractivity contribution is 5.95. The van der Waals surface area contributed by atoms with E-state index in [9.17, 15) is 31.1 Å². The summed E-state index contributed by atoms with van der Waals surface area (Å²) >= 11 is 0. The van der Waals surface area contributed by atoms with Crippen LogP contribution in [0.5, 0.6) is 0 Å². The highest BCUT2D eigenvalue weighted by Gasteiger charge is 2.26. The van der Waals surface area contributed by atoms with E-state index in [1.807, 2.05) is 13.8 Å². The van der Waals surface area contributed by atoms with Crippen molar-refractivity contribution >= 4 is 5.78 Å². The molecule has 0 saturated carbocycles. The maximum Gasteiger partial charge on any atom is 0.416 e. The number of hydrogen-bond donors (Lipinski definition) is 0. The van der Waals surface area contributed by atoms with Crippen molar-refractivity contribution in [2.45, 2.75) is 147 Å². The van der Waals surface area contributed by atoms with Gasteiger partial charge in [0.1, 0.15) is 6.61 Å². The van der Waals surface area contributed by atoms with Crippen molar-refractivity contribution in [3.05, 3.63) is 12.2 Å². The summed E-state index contributed by atoms with van der Waals surface area (Å²) in [5.41, 5.74) is 0.563. The first-order chi connectivity index (χ1) is 12.9. The molecule has 9 heteroatoms. The molecule has 0 N–H and O–H groups in total. The van der Waals surface area contributed by atoms with Gasteiger partial charge in [-0.15, -0.1) is 0 Å². The van der Waals surface area contributed by atoms with Gasteiger partial charge in [0.25, 0.3) is 0 Å². The van der Waals surface area contributed by atoms with Gasteiger partial charge >= 0.3 is 6.18 Å². The van der Waals surface area contributed by atoms with E-state index in [0.29, 0.717) is 18.9 Å². The highest BCUT2D eigenvalue weighted by atomic mass is 19.4. The third-order valence-electron chi connectivity index (χ3n) is 2.68. The standard InChI is InChI=1S/C9H16O2.C5H12O.C2H2F4.C2H5F.CH3F.10CH4/c1-5-8(4)11-6-9(10)7(2)3;1-4-5(2)6-3;3-1-2(4,5)6;1-2-3;1-2;;;;;;;;;;/h8H,2,5-6H2,1,3-4H3;5H,4H2,1-3H3;1H2;2H2,1H3;1H3;10*1H4. The Morgan fingerprint density at radius 3 is 1.11 bits per heavy atom. The molecule has 254 valence electrons. The fourth-order valence-corrected chi connectivity index (χ4v) is 0.626. The fraction of sp³-hybridized carbons (Fsp3) is 0.897. The molecule has 0 aliphatic rings. The number of halogens is 6. The molecule has 0 fully saturated rings. The van der Waals surface area contributed by atoms with Crippen LogP contribution in [0.2, 0.25) is 0 Å². The van der Waals surface area contributed by atoms with E-state index in [1.54, 1.807) is 14.0 Å². The van der Waals surface area contributed by atoms with Crippen molar-refractivity contribution in [1.29, 1.82) is 0 Å². The monoisotopic (exact) mass is 589 g/mol. The van der Waals surface area contributed by atoms with Crippen molar-refractivity contribution in [1.82, 2.24) is 0 Å². The minimum Gasteiger partial charge on any atom is -0.382 e. The van der Waals surface area contributed by atoms with E-state index in [0.717, 1.165) is 12.8 Å². The van der Waals surface area contributed by atoms with E-state index in [-0.39, 0.29) is 99.4 Å². The number of alkyl halides is 6. The van der Waals surface area contributed by atoms with Crippen LogP contribution in [0.1, 0.15) is 129 Å². The Balaban J connectivity index is -0.0000000136. The summed E-state index contributed by atoms with van der Waals surface area (Å²) in [5.74, 6) is -0.00898. The van der Waals surface area contributed by atoms with Crippen LogP contribution < -0.4 is 0 Å². The number of ether oxygens (including phenoxy) is 2. The zero-order chi connectivity index (χ0) is 23.8. The molecular formula is C29H78F6O3. The predicted octanol–water partition coefficient (Wildman–Crippen LogP) is 12.8. The summed E-state index contributed by atoms with van der Waals surface area (Å²) in [7, 11) is 2.23. The summed E-state index contributed by atoms with van der Waals surface area (Å²) in [6.07, 6.45) is -1.98. The van der Waals surface area contributed by atoms with Crippen molar-refractivity contribution in [2.24, 2.45) is 0 Å². The molecule has 0 bridgehead atoms. The molecule has 0 rings (SSSR count). The number of carbonyl (C=O) groups is 1. The fourth-order valence-electron chi connectivity index (χ4n) is 0.626. The first-order valence-corrected chi connectivity index (χ1v) is 8.76. The van der Waals surface area contributed by atoms with Crippen molar-refractivity contribution < 1.29 is 40.6 Å². The van der Waals surface area contributed by atoms with Crippen LogP contribution in [0.15, 0.2) is 12.2 Å². The number of rotatable bonds is 7. The Kier molecular flexibility index (Phi) is 200. The molecule has 0 heterocycles. The zero-order valence-electron chi connectivity index (χ0n) is 18.4. The van der Waals surface area contributed by atoms with Gasteiger partial charge in [0.15, 0.2) is 12.5 Å². The smallest absolute Gasteiger partial charge is 0.382 e. The lowest BCUT2D eigenvalue weighted by atomic mass is 10.2. The minimum absolute atomic E-state index is 0. The van der Waals surface area contributed by atoms with Gasteiger partial charge in [-0.05, 0) is 46.1 Å². The Labute approximate surface area is 240 Å². The third kappa shape index (κ3) is 140. The molecule has 0 aromatic rings. The van der Waals surface area contributed by atoms with Crippen LogP contribution in [0.25, 0.3) is 0 Å². The van der Waals surface area contributed by atoms with Gasteiger partial charge in [-0.25, -0.2) is 4.39 Å². The molecular weight excluding hydrogens is 510 g/mol. The second kappa shape index (κ2) is 76.6. The van der Waals surface area contributed by atoms with Crippen LogP contribution in [-0.4, -0.2) is 58.4 Å². The van der Waals surface area contributed by atoms with Crippen LogP contribution in [0, 0.1) is 0 Å². The van der Waals surface area contributed by atoms with Gasteiger partial charge in [0.2, 0.25) is 0 Å². The van der Waals surface area contributed by atoms with E-state index >= 15 is 0 Å². The average molecular weight is 589 g/mol. The lowest BCUT2D eigenvalue weighted by molar-refractivity contribution is -0.142. The number of carbonyl (C=O) groups excluding carboxylic acids is 1. The molecule has 2 atom stereocenters. The molecule has 0 spiro atoms. The van der Waals surface area contributed by atoms with Gasteiger partial charge in [-0.2, -0.15) is 13.2 Å². The maximum atomic E-state index is 10.9. The summed E-state index contributed by atoms with van der Waals surface area (Å²) < 4.78 is 71.5. The molecule has 0 aromatic carbocycles. The van der Waals surface area contributed by atoms with Gasteiger partial charge in [-0.3, -0.25) is 13.6 Å². The van der Waals surface area contributed by atoms with E-state index in [1.165, 1.54) is 6.92 Å². The van der Waals surface area contributed by atoms with Crippen LogP contribution >= 0.6 is 0 Å². The van der Waals surface area contributed by atoms with Crippen molar-refractivity contribution in [2.75, 3.05) is 34.2 Å². The van der Waals surface area contributed by atoms with E-state index in [2.05, 4.69) is 20.4 Å². The number of ketones is 1. The Bertz CT molecular complexity index is 324. The Morgan fingerprint density at radius 2 is 1.00 bits per heavy atom. The molecule has 0 saturated heterocycles. The zero-order valence-corrected chi connectivity index (χ0v) is 18.4. The van der Waals surface area contributed by atoms with Gasteiger partial charge in [-0.1, -0.05) is 94.7 Å². The molecule has 0 aromatic heterocycles. The summed E-state index contributed by atoms with van der Waals surface area (Å²) in [6, 6.07) is 0. The first kappa shape index (κ1) is 99.1. The lowest BCUT2D eigenvalue weighted by Gasteiger charge is -2.08. The number of Topliss-reactive ketones (excluding diaryl/α,β-unsaturated/α-hetero) is 1. The molecule has 38 heavy (non-hydrogen) atoms. The predicted molar refractivity (Wildman–Crippen MR) is 170 cm³/mol.